The third kappa shape index (κ3) is 3.43. The summed E-state index contributed by atoms with van der Waals surface area (Å²) in [5, 5.41) is 5.33. The van der Waals surface area contributed by atoms with E-state index in [0.717, 1.165) is 0 Å². The van der Waals surface area contributed by atoms with Crippen molar-refractivity contribution in [3.05, 3.63) is 53.6 Å². The summed E-state index contributed by atoms with van der Waals surface area (Å²) in [4.78, 5) is 15.4. The van der Waals surface area contributed by atoms with Crippen molar-refractivity contribution in [1.82, 2.24) is 4.98 Å². The molecular weight excluding hydrogens is 257 g/mol. The Morgan fingerprint density at radius 1 is 1.17 bits per heavy atom. The number of nitrogens with zero attached hydrogens (tertiary/aromatic N) is 1. The van der Waals surface area contributed by atoms with Gasteiger partial charge in [0.1, 0.15) is 11.0 Å². The summed E-state index contributed by atoms with van der Waals surface area (Å²) in [5.74, 6) is -0.417. The molecule has 0 radical (unpaired) electrons. The third-order valence-corrected chi connectivity index (χ3v) is 2.27. The Hall–Kier alpha value is -2.14. The number of urea groups is 1. The summed E-state index contributed by atoms with van der Waals surface area (Å²) in [6.07, 6.45) is 1.47. The maximum Gasteiger partial charge on any atom is 0.323 e. The number of benzene rings is 1. The van der Waals surface area contributed by atoms with Crippen LogP contribution in [0.15, 0.2) is 42.6 Å². The molecule has 92 valence electrons. The summed E-state index contributed by atoms with van der Waals surface area (Å²) in [7, 11) is 0. The van der Waals surface area contributed by atoms with Gasteiger partial charge < -0.3 is 10.6 Å². The Morgan fingerprint density at radius 2 is 1.89 bits per heavy atom. The average Bonchev–Trinajstić information content (AvgIpc) is 2.28. The van der Waals surface area contributed by atoms with Crippen molar-refractivity contribution in [1.29, 1.82) is 0 Å². The van der Waals surface area contributed by atoms with Gasteiger partial charge in [-0.05, 0) is 30.3 Å². The van der Waals surface area contributed by atoms with Crippen molar-refractivity contribution < 1.29 is 9.18 Å². The van der Waals surface area contributed by atoms with E-state index in [1.54, 1.807) is 12.1 Å². The van der Waals surface area contributed by atoms with Gasteiger partial charge in [-0.1, -0.05) is 17.7 Å². The van der Waals surface area contributed by atoms with E-state index in [9.17, 15) is 9.18 Å². The van der Waals surface area contributed by atoms with Gasteiger partial charge in [0.15, 0.2) is 0 Å². The molecule has 0 spiro atoms. The molecule has 2 N–H and O–H groups in total. The summed E-state index contributed by atoms with van der Waals surface area (Å²) >= 11 is 5.68. The Bertz CT molecular complexity index is 527. The van der Waals surface area contributed by atoms with Gasteiger partial charge in [-0.2, -0.15) is 0 Å². The zero-order chi connectivity index (χ0) is 13.0. The number of amides is 2. The average molecular weight is 266 g/mol. The van der Waals surface area contributed by atoms with E-state index >= 15 is 0 Å². The van der Waals surface area contributed by atoms with Crippen molar-refractivity contribution in [2.75, 3.05) is 10.6 Å². The molecule has 6 heteroatoms. The molecule has 2 aromatic rings. The molecule has 2 rings (SSSR count). The Morgan fingerprint density at radius 3 is 2.56 bits per heavy atom. The topological polar surface area (TPSA) is 54.0 Å². The largest absolute Gasteiger partial charge is 0.323 e. The quantitative estimate of drug-likeness (QED) is 0.817. The number of hydrogen-bond acceptors (Lipinski definition) is 2. The molecule has 0 atom stereocenters. The van der Waals surface area contributed by atoms with Crippen molar-refractivity contribution in [3.63, 3.8) is 0 Å². The van der Waals surface area contributed by atoms with E-state index in [0.29, 0.717) is 11.4 Å². The first kappa shape index (κ1) is 12.3. The van der Waals surface area contributed by atoms with Gasteiger partial charge in [0.2, 0.25) is 0 Å². The highest BCUT2D eigenvalue weighted by atomic mass is 35.5. The van der Waals surface area contributed by atoms with Crippen molar-refractivity contribution in [2.24, 2.45) is 0 Å². The lowest BCUT2D eigenvalue weighted by molar-refractivity contribution is 0.262. The number of rotatable bonds is 2. The molecular formula is C12H9ClFN3O. The van der Waals surface area contributed by atoms with Gasteiger partial charge in [-0.3, -0.25) is 0 Å². The van der Waals surface area contributed by atoms with Crippen molar-refractivity contribution in [2.45, 2.75) is 0 Å². The third-order valence-electron chi connectivity index (χ3n) is 2.07. The van der Waals surface area contributed by atoms with Crippen LogP contribution in [0, 0.1) is 5.82 Å². The molecule has 4 nitrogen and oxygen atoms in total. The van der Waals surface area contributed by atoms with Crippen LogP contribution in [0.5, 0.6) is 0 Å². The highest BCUT2D eigenvalue weighted by Crippen LogP contribution is 2.13. The number of aromatic nitrogens is 1. The first-order valence-electron chi connectivity index (χ1n) is 5.08. The number of hydrogen-bond donors (Lipinski definition) is 2. The molecule has 0 aliphatic rings. The number of carbonyl (C=O) groups excluding carboxylic acids is 1. The normalized spacial score (nSPS) is 9.89. The molecule has 0 fully saturated rings. The monoisotopic (exact) mass is 265 g/mol. The van der Waals surface area contributed by atoms with E-state index in [2.05, 4.69) is 15.6 Å². The van der Waals surface area contributed by atoms with Crippen LogP contribution >= 0.6 is 11.6 Å². The zero-order valence-corrected chi connectivity index (χ0v) is 9.91. The lowest BCUT2D eigenvalue weighted by Crippen LogP contribution is -2.19. The maximum atomic E-state index is 12.9. The molecule has 0 aliphatic carbocycles. The zero-order valence-electron chi connectivity index (χ0n) is 9.15. The van der Waals surface area contributed by atoms with E-state index in [-0.39, 0.29) is 5.15 Å². The summed E-state index contributed by atoms with van der Waals surface area (Å²) in [5.41, 5.74) is 0.872. The summed E-state index contributed by atoms with van der Waals surface area (Å²) in [6, 6.07) is 8.23. The predicted molar refractivity (Wildman–Crippen MR) is 68.3 cm³/mol. The molecule has 0 saturated carbocycles. The Kier molecular flexibility index (Phi) is 3.74. The van der Waals surface area contributed by atoms with Crippen LogP contribution < -0.4 is 10.6 Å². The minimum atomic E-state index is -0.483. The minimum Gasteiger partial charge on any atom is -0.308 e. The van der Waals surface area contributed by atoms with Crippen LogP contribution in [0.25, 0.3) is 0 Å². The fourth-order valence-corrected chi connectivity index (χ4v) is 1.51. The Labute approximate surface area is 108 Å². The molecule has 0 saturated heterocycles. The van der Waals surface area contributed by atoms with Crippen LogP contribution in [0.3, 0.4) is 0 Å². The van der Waals surface area contributed by atoms with E-state index in [1.807, 2.05) is 0 Å². The van der Waals surface area contributed by atoms with Gasteiger partial charge in [-0.25, -0.2) is 14.2 Å². The number of pyridine rings is 1. The molecule has 2 amide bonds. The van der Waals surface area contributed by atoms with Crippen LogP contribution in [0.2, 0.25) is 5.15 Å². The lowest BCUT2D eigenvalue weighted by atomic mass is 10.3. The van der Waals surface area contributed by atoms with Crippen molar-refractivity contribution in [3.8, 4) is 0 Å². The molecule has 1 aromatic carbocycles. The highest BCUT2D eigenvalue weighted by molar-refractivity contribution is 6.29. The Balaban J connectivity index is 2.01. The van der Waals surface area contributed by atoms with Gasteiger partial charge in [-0.15, -0.1) is 0 Å². The van der Waals surface area contributed by atoms with Crippen molar-refractivity contribution >= 4 is 29.0 Å². The summed E-state index contributed by atoms with van der Waals surface area (Å²) in [6.45, 7) is 0. The van der Waals surface area contributed by atoms with Gasteiger partial charge >= 0.3 is 6.03 Å². The standard InChI is InChI=1S/C12H9ClFN3O/c13-11-7-10(4-5-15-11)17-12(18)16-9-3-1-2-8(14)6-9/h1-7H,(H2,15,16,17,18). The smallest absolute Gasteiger partial charge is 0.308 e. The second-order valence-electron chi connectivity index (χ2n) is 3.46. The second-order valence-corrected chi connectivity index (χ2v) is 3.84. The first-order chi connectivity index (χ1) is 8.63. The predicted octanol–water partition coefficient (Wildman–Crippen LogP) is 3.52. The van der Waals surface area contributed by atoms with E-state index in [4.69, 9.17) is 11.6 Å². The number of carbonyl (C=O) groups is 1. The number of nitrogens with one attached hydrogen (secondary N) is 2. The molecule has 18 heavy (non-hydrogen) atoms. The highest BCUT2D eigenvalue weighted by Gasteiger charge is 2.03. The maximum absolute atomic E-state index is 12.9. The summed E-state index contributed by atoms with van der Waals surface area (Å²) < 4.78 is 12.9. The van der Waals surface area contributed by atoms with E-state index < -0.39 is 11.8 Å². The van der Waals surface area contributed by atoms with Gasteiger partial charge in [0.05, 0.1) is 0 Å². The van der Waals surface area contributed by atoms with Crippen LogP contribution in [0.4, 0.5) is 20.6 Å². The molecule has 1 aromatic heterocycles. The molecule has 1 heterocycles. The SMILES string of the molecule is O=C(Nc1cccc(F)c1)Nc1ccnc(Cl)c1. The molecule has 0 unspecified atom stereocenters. The molecule has 0 bridgehead atoms. The van der Waals surface area contributed by atoms with Crippen LogP contribution in [0.1, 0.15) is 0 Å². The molecule has 0 aliphatic heterocycles. The van der Waals surface area contributed by atoms with Gasteiger partial charge in [0, 0.05) is 17.6 Å². The first-order valence-corrected chi connectivity index (χ1v) is 5.46. The fraction of sp³-hybridized carbons (Fsp3) is 0. The lowest BCUT2D eigenvalue weighted by Gasteiger charge is -2.07. The number of halogens is 2. The van der Waals surface area contributed by atoms with Crippen LogP contribution in [-0.2, 0) is 0 Å². The fourth-order valence-electron chi connectivity index (χ4n) is 1.34. The van der Waals surface area contributed by atoms with Gasteiger partial charge in [0.25, 0.3) is 0 Å². The minimum absolute atomic E-state index is 0.276. The second kappa shape index (κ2) is 5.46. The number of anilines is 2. The van der Waals surface area contributed by atoms with Crippen LogP contribution in [-0.4, -0.2) is 11.0 Å². The van der Waals surface area contributed by atoms with E-state index in [1.165, 1.54) is 30.5 Å².